The molecule has 1 aliphatic carbocycles. The summed E-state index contributed by atoms with van der Waals surface area (Å²) in [5.41, 5.74) is -1.41. The first-order valence-electron chi connectivity index (χ1n) is 14.7. The second-order valence-corrected chi connectivity index (χ2v) is 12.9. The van der Waals surface area contributed by atoms with Crippen molar-refractivity contribution in [3.8, 4) is 16.5 Å². The fraction of sp³-hybridized carbons (Fsp3) is 0.469. The van der Waals surface area contributed by atoms with Crippen LogP contribution in [0.15, 0.2) is 50.7 Å². The molecule has 0 unspecified atom stereocenters. The summed E-state index contributed by atoms with van der Waals surface area (Å²) in [6.07, 6.45) is 4.10. The van der Waals surface area contributed by atoms with E-state index in [1.54, 1.807) is 27.9 Å². The van der Waals surface area contributed by atoms with Gasteiger partial charge in [-0.15, -0.1) is 11.3 Å². The molecule has 1 saturated carbocycles. The number of ether oxygens (including phenoxy) is 2. The number of oxazole rings is 1. The summed E-state index contributed by atoms with van der Waals surface area (Å²) in [4.78, 5) is 59.4. The van der Waals surface area contributed by atoms with Crippen molar-refractivity contribution in [3.63, 3.8) is 0 Å². The Kier molecular flexibility index (Phi) is 8.94. The zero-order chi connectivity index (χ0) is 31.8. The Labute approximate surface area is 258 Å². The molecule has 1 N–H and O–H groups in total. The third-order valence-electron chi connectivity index (χ3n) is 8.05. The van der Waals surface area contributed by atoms with E-state index in [1.807, 2.05) is 38.1 Å². The zero-order valence-electron chi connectivity index (χ0n) is 25.8. The number of Topliss-reactive ketones (excluding diaryl/α,β-unsaturated/α-hetero) is 1. The number of carbonyl (C=O) groups excluding carboxylic acids is 2. The van der Waals surface area contributed by atoms with Gasteiger partial charge in [-0.05, 0) is 59.1 Å². The number of amides is 1. The maximum atomic E-state index is 14.5. The Morgan fingerprint density at radius 1 is 1.18 bits per heavy atom. The number of ketones is 1. The monoisotopic (exact) mass is 622 g/mol. The van der Waals surface area contributed by atoms with Crippen molar-refractivity contribution in [2.24, 2.45) is 0 Å². The van der Waals surface area contributed by atoms with E-state index in [0.29, 0.717) is 58.0 Å². The highest BCUT2D eigenvalue weighted by molar-refractivity contribution is 7.22. The van der Waals surface area contributed by atoms with E-state index in [0.717, 1.165) is 10.1 Å². The highest BCUT2D eigenvalue weighted by Crippen LogP contribution is 2.38. The number of carbonyl (C=O) groups is 2. The molecule has 1 aromatic carbocycles. The van der Waals surface area contributed by atoms with Gasteiger partial charge >= 0.3 is 5.69 Å². The smallest absolute Gasteiger partial charge is 0.333 e. The van der Waals surface area contributed by atoms with Gasteiger partial charge in [-0.3, -0.25) is 19.0 Å². The number of nitrogens with zero attached hydrogens (tertiary/aromatic N) is 3. The van der Waals surface area contributed by atoms with Gasteiger partial charge in [-0.2, -0.15) is 0 Å². The fourth-order valence-corrected chi connectivity index (χ4v) is 6.92. The Bertz CT molecular complexity index is 1790. The maximum absolute atomic E-state index is 14.5. The maximum Gasteiger partial charge on any atom is 0.333 e. The number of para-hydroxylation sites is 1. The number of hydrogen-bond donors (Lipinski definition) is 1. The Balaban J connectivity index is 1.74. The molecule has 12 heteroatoms. The molecule has 0 radical (unpaired) electrons. The lowest BCUT2D eigenvalue weighted by molar-refractivity contribution is -0.129. The van der Waals surface area contributed by atoms with Crippen molar-refractivity contribution in [1.82, 2.24) is 19.4 Å². The minimum absolute atomic E-state index is 0.0211. The van der Waals surface area contributed by atoms with Crippen molar-refractivity contribution in [1.29, 1.82) is 0 Å². The largest absolute Gasteiger partial charge is 0.496 e. The van der Waals surface area contributed by atoms with Crippen LogP contribution in [-0.2, 0) is 26.4 Å². The SMILES string of the molecule is COc1ccccc1[C@H](Cn1c(=O)n(C(C)(C)C(=O)NC(C)C)c(=O)c2c(C)c(-c3ncco3)sc21)OC1CCC(=O)CC1. The third-order valence-corrected chi connectivity index (χ3v) is 9.36. The predicted molar refractivity (Wildman–Crippen MR) is 167 cm³/mol. The van der Waals surface area contributed by atoms with Crippen LogP contribution in [0.1, 0.15) is 70.6 Å². The molecule has 1 atom stereocenters. The summed E-state index contributed by atoms with van der Waals surface area (Å²) in [5.74, 6) is 0.665. The lowest BCUT2D eigenvalue weighted by Crippen LogP contribution is -2.56. The van der Waals surface area contributed by atoms with E-state index in [4.69, 9.17) is 13.9 Å². The fourth-order valence-electron chi connectivity index (χ4n) is 5.67. The molecule has 3 heterocycles. The molecular weight excluding hydrogens is 584 g/mol. The van der Waals surface area contributed by atoms with E-state index in [1.165, 1.54) is 28.4 Å². The molecule has 1 aliphatic rings. The third kappa shape index (κ3) is 5.88. The van der Waals surface area contributed by atoms with Crippen LogP contribution >= 0.6 is 11.3 Å². The number of thiophene rings is 1. The predicted octanol–water partition coefficient (Wildman–Crippen LogP) is 4.73. The summed E-state index contributed by atoms with van der Waals surface area (Å²) >= 11 is 1.23. The van der Waals surface area contributed by atoms with Crippen LogP contribution in [0.3, 0.4) is 0 Å². The molecule has 0 saturated heterocycles. The van der Waals surface area contributed by atoms with Crippen LogP contribution in [-0.4, -0.2) is 45.1 Å². The van der Waals surface area contributed by atoms with Crippen molar-refractivity contribution >= 4 is 33.2 Å². The highest BCUT2D eigenvalue weighted by atomic mass is 32.1. The standard InChI is InChI=1S/C32H38N4O7S/c1-18(2)34-30(39)32(4,5)36-28(38)25-19(3)26(27-33-15-16-42-27)44-29(25)35(31(36)40)17-24(22-9-7-8-10-23(22)41-6)43-21-13-11-20(37)12-14-21/h7-10,15-16,18,21,24H,11-14,17H2,1-6H3,(H,34,39)/t24-/m0/s1. The quantitative estimate of drug-likeness (QED) is 0.268. The van der Waals surface area contributed by atoms with Crippen LogP contribution in [0.25, 0.3) is 21.0 Å². The molecular formula is C32H38N4O7S. The van der Waals surface area contributed by atoms with Crippen LogP contribution in [0, 0.1) is 6.92 Å². The van der Waals surface area contributed by atoms with Gasteiger partial charge in [0.05, 0.1) is 36.2 Å². The minimum Gasteiger partial charge on any atom is -0.496 e. The Hall–Kier alpha value is -4.03. The Morgan fingerprint density at radius 3 is 2.52 bits per heavy atom. The van der Waals surface area contributed by atoms with Gasteiger partial charge in [0.15, 0.2) is 0 Å². The van der Waals surface area contributed by atoms with E-state index in [-0.39, 0.29) is 24.5 Å². The van der Waals surface area contributed by atoms with Crippen molar-refractivity contribution in [2.45, 2.75) is 90.6 Å². The molecule has 44 heavy (non-hydrogen) atoms. The second-order valence-electron chi connectivity index (χ2n) is 11.9. The molecule has 4 aromatic rings. The van der Waals surface area contributed by atoms with Gasteiger partial charge in [0, 0.05) is 24.4 Å². The van der Waals surface area contributed by atoms with Crippen molar-refractivity contribution in [2.75, 3.05) is 7.11 Å². The summed E-state index contributed by atoms with van der Waals surface area (Å²) in [6, 6.07) is 7.23. The summed E-state index contributed by atoms with van der Waals surface area (Å²) < 4.78 is 20.5. The van der Waals surface area contributed by atoms with E-state index in [2.05, 4.69) is 10.3 Å². The number of aryl methyl sites for hydroxylation is 1. The summed E-state index contributed by atoms with van der Waals surface area (Å²) in [6.45, 7) is 8.57. The van der Waals surface area contributed by atoms with Crippen LogP contribution in [0.5, 0.6) is 5.75 Å². The second kappa shape index (κ2) is 12.5. The number of nitrogens with one attached hydrogen (secondary N) is 1. The normalized spacial score (nSPS) is 15.2. The lowest BCUT2D eigenvalue weighted by Gasteiger charge is -2.30. The highest BCUT2D eigenvalue weighted by Gasteiger charge is 2.37. The first kappa shape index (κ1) is 31.4. The molecule has 0 aliphatic heterocycles. The molecule has 1 amide bonds. The van der Waals surface area contributed by atoms with Gasteiger partial charge in [0.25, 0.3) is 5.56 Å². The zero-order valence-corrected chi connectivity index (χ0v) is 26.7. The van der Waals surface area contributed by atoms with Gasteiger partial charge < -0.3 is 19.2 Å². The molecule has 1 fully saturated rings. The van der Waals surface area contributed by atoms with Crippen LogP contribution < -0.4 is 21.3 Å². The van der Waals surface area contributed by atoms with Crippen molar-refractivity contribution < 1.29 is 23.5 Å². The number of aromatic nitrogens is 3. The van der Waals surface area contributed by atoms with Crippen LogP contribution in [0.4, 0.5) is 0 Å². The summed E-state index contributed by atoms with van der Waals surface area (Å²) in [7, 11) is 1.57. The van der Waals surface area contributed by atoms with Gasteiger partial charge in [-0.25, -0.2) is 14.3 Å². The first-order valence-corrected chi connectivity index (χ1v) is 15.6. The lowest BCUT2D eigenvalue weighted by atomic mass is 9.96. The van der Waals surface area contributed by atoms with Crippen molar-refractivity contribution in [3.05, 3.63) is 68.7 Å². The van der Waals surface area contributed by atoms with Gasteiger partial charge in [-0.1, -0.05) is 18.2 Å². The molecule has 234 valence electrons. The Morgan fingerprint density at radius 2 is 1.89 bits per heavy atom. The number of methoxy groups -OCH3 is 1. The number of fused-ring (bicyclic) bond motifs is 1. The number of rotatable bonds is 10. The molecule has 5 rings (SSSR count). The first-order chi connectivity index (χ1) is 20.9. The van der Waals surface area contributed by atoms with Gasteiger partial charge in [0.2, 0.25) is 11.8 Å². The minimum atomic E-state index is -1.52. The average molecular weight is 623 g/mol. The number of hydrogen-bond acceptors (Lipinski definition) is 9. The molecule has 11 nitrogen and oxygen atoms in total. The molecule has 3 aromatic heterocycles. The topological polar surface area (TPSA) is 135 Å². The van der Waals surface area contributed by atoms with Crippen LogP contribution in [0.2, 0.25) is 0 Å². The molecule has 0 spiro atoms. The summed E-state index contributed by atoms with van der Waals surface area (Å²) in [5, 5.41) is 3.15. The van der Waals surface area contributed by atoms with E-state index >= 15 is 0 Å². The average Bonchev–Trinajstić information content (AvgIpc) is 3.63. The molecule has 0 bridgehead atoms. The van der Waals surface area contributed by atoms with E-state index in [9.17, 15) is 19.2 Å². The number of benzene rings is 1. The van der Waals surface area contributed by atoms with E-state index < -0.39 is 28.8 Å². The van der Waals surface area contributed by atoms with Gasteiger partial charge in [0.1, 0.15) is 34.3 Å².